The van der Waals surface area contributed by atoms with Crippen LogP contribution < -0.4 is 21.9 Å². The van der Waals surface area contributed by atoms with Crippen LogP contribution in [0.25, 0.3) is 0 Å². The SMILES string of the molecule is CCCCN=C(NN)NCCC(=O)NC(C)(C)C. The Labute approximate surface area is 110 Å². The molecule has 106 valence electrons. The van der Waals surface area contributed by atoms with Crippen LogP contribution in [0.5, 0.6) is 0 Å². The van der Waals surface area contributed by atoms with E-state index in [9.17, 15) is 4.79 Å². The maximum Gasteiger partial charge on any atom is 0.222 e. The minimum absolute atomic E-state index is 0.0138. The van der Waals surface area contributed by atoms with E-state index < -0.39 is 0 Å². The molecule has 0 aromatic heterocycles. The summed E-state index contributed by atoms with van der Waals surface area (Å²) in [7, 11) is 0. The lowest BCUT2D eigenvalue weighted by Crippen LogP contribution is -2.45. The van der Waals surface area contributed by atoms with Crippen LogP contribution in [0.2, 0.25) is 0 Å². The van der Waals surface area contributed by atoms with Crippen LogP contribution in [0.3, 0.4) is 0 Å². The van der Waals surface area contributed by atoms with E-state index in [-0.39, 0.29) is 11.4 Å². The van der Waals surface area contributed by atoms with Crippen molar-refractivity contribution in [2.75, 3.05) is 13.1 Å². The average Bonchev–Trinajstić information content (AvgIpc) is 2.24. The Morgan fingerprint density at radius 3 is 2.50 bits per heavy atom. The normalized spacial score (nSPS) is 12.2. The van der Waals surface area contributed by atoms with Gasteiger partial charge in [-0.15, -0.1) is 0 Å². The molecule has 5 N–H and O–H groups in total. The molecule has 0 bridgehead atoms. The van der Waals surface area contributed by atoms with Crippen LogP contribution in [0.15, 0.2) is 4.99 Å². The second-order valence-electron chi connectivity index (χ2n) is 5.20. The van der Waals surface area contributed by atoms with Gasteiger partial charge in [0.2, 0.25) is 11.9 Å². The summed E-state index contributed by atoms with van der Waals surface area (Å²) in [5.74, 6) is 5.88. The third-order valence-electron chi connectivity index (χ3n) is 2.08. The summed E-state index contributed by atoms with van der Waals surface area (Å²) < 4.78 is 0. The van der Waals surface area contributed by atoms with Gasteiger partial charge in [-0.1, -0.05) is 13.3 Å². The Morgan fingerprint density at radius 1 is 1.33 bits per heavy atom. The number of nitrogens with two attached hydrogens (primary N) is 1. The molecule has 0 saturated heterocycles. The number of carbonyl (C=O) groups is 1. The fourth-order valence-electron chi connectivity index (χ4n) is 1.28. The summed E-state index contributed by atoms with van der Waals surface area (Å²) in [5, 5.41) is 5.89. The summed E-state index contributed by atoms with van der Waals surface area (Å²) in [6.45, 7) is 9.22. The van der Waals surface area contributed by atoms with Gasteiger partial charge in [-0.3, -0.25) is 15.2 Å². The van der Waals surface area contributed by atoms with Crippen molar-refractivity contribution in [1.82, 2.24) is 16.1 Å². The number of guanidine groups is 1. The molecule has 0 radical (unpaired) electrons. The lowest BCUT2D eigenvalue weighted by Gasteiger charge is -2.20. The molecular weight excluding hydrogens is 230 g/mol. The Kier molecular flexibility index (Phi) is 8.11. The predicted octanol–water partition coefficient (Wildman–Crippen LogP) is 0.500. The van der Waals surface area contributed by atoms with Gasteiger partial charge in [0.25, 0.3) is 0 Å². The third-order valence-corrected chi connectivity index (χ3v) is 2.08. The molecule has 0 atom stereocenters. The number of hydrogen-bond donors (Lipinski definition) is 4. The van der Waals surface area contributed by atoms with Crippen LogP contribution in [0.4, 0.5) is 0 Å². The van der Waals surface area contributed by atoms with E-state index in [4.69, 9.17) is 5.84 Å². The quantitative estimate of drug-likeness (QED) is 0.183. The number of carbonyl (C=O) groups excluding carboxylic acids is 1. The molecule has 0 aliphatic carbocycles. The second kappa shape index (κ2) is 8.74. The number of aliphatic imine (C=N–C) groups is 1. The molecule has 6 nitrogen and oxygen atoms in total. The number of hydrazine groups is 1. The molecule has 0 aromatic carbocycles. The summed E-state index contributed by atoms with van der Waals surface area (Å²) in [5.41, 5.74) is 2.30. The highest BCUT2D eigenvalue weighted by molar-refractivity contribution is 5.81. The van der Waals surface area contributed by atoms with Crippen LogP contribution in [-0.2, 0) is 4.79 Å². The molecule has 0 aliphatic rings. The monoisotopic (exact) mass is 257 g/mol. The first-order chi connectivity index (χ1) is 8.39. The van der Waals surface area contributed by atoms with Crippen molar-refractivity contribution in [2.45, 2.75) is 52.5 Å². The highest BCUT2D eigenvalue weighted by Gasteiger charge is 2.12. The molecule has 0 aliphatic heterocycles. The third kappa shape index (κ3) is 9.89. The summed E-state index contributed by atoms with van der Waals surface area (Å²) in [6.07, 6.45) is 2.51. The summed E-state index contributed by atoms with van der Waals surface area (Å²) >= 11 is 0. The van der Waals surface area contributed by atoms with Gasteiger partial charge < -0.3 is 10.6 Å². The van der Waals surface area contributed by atoms with Crippen LogP contribution >= 0.6 is 0 Å². The van der Waals surface area contributed by atoms with Crippen molar-refractivity contribution in [3.63, 3.8) is 0 Å². The number of amides is 1. The van der Waals surface area contributed by atoms with E-state index >= 15 is 0 Å². The second-order valence-corrected chi connectivity index (χ2v) is 5.20. The molecular formula is C12H27N5O. The minimum Gasteiger partial charge on any atom is -0.355 e. The van der Waals surface area contributed by atoms with Crippen LogP contribution in [0, 0.1) is 0 Å². The fraction of sp³-hybridized carbons (Fsp3) is 0.833. The van der Waals surface area contributed by atoms with Gasteiger partial charge in [0.05, 0.1) is 0 Å². The average molecular weight is 257 g/mol. The Balaban J connectivity index is 3.86. The largest absolute Gasteiger partial charge is 0.355 e. The van der Waals surface area contributed by atoms with Gasteiger partial charge in [0.15, 0.2) is 0 Å². The number of unbranched alkanes of at least 4 members (excludes halogenated alkanes) is 1. The number of hydrogen-bond acceptors (Lipinski definition) is 3. The van der Waals surface area contributed by atoms with E-state index in [0.29, 0.717) is 18.9 Å². The fourth-order valence-corrected chi connectivity index (χ4v) is 1.28. The molecule has 0 saturated carbocycles. The van der Waals surface area contributed by atoms with Gasteiger partial charge in [-0.2, -0.15) is 0 Å². The first-order valence-corrected chi connectivity index (χ1v) is 6.45. The van der Waals surface area contributed by atoms with Crippen molar-refractivity contribution in [1.29, 1.82) is 0 Å². The lowest BCUT2D eigenvalue weighted by atomic mass is 10.1. The van der Waals surface area contributed by atoms with Gasteiger partial charge in [0, 0.05) is 25.0 Å². The maximum atomic E-state index is 11.5. The van der Waals surface area contributed by atoms with Crippen molar-refractivity contribution < 1.29 is 4.79 Å². The zero-order chi connectivity index (χ0) is 14.0. The number of rotatable bonds is 6. The zero-order valence-electron chi connectivity index (χ0n) is 12.0. The maximum absolute atomic E-state index is 11.5. The van der Waals surface area contributed by atoms with Crippen molar-refractivity contribution in [2.24, 2.45) is 10.8 Å². The van der Waals surface area contributed by atoms with Crippen LogP contribution in [-0.4, -0.2) is 30.5 Å². The Morgan fingerprint density at radius 2 is 2.00 bits per heavy atom. The van der Waals surface area contributed by atoms with E-state index in [2.05, 4.69) is 28.0 Å². The van der Waals surface area contributed by atoms with Gasteiger partial charge >= 0.3 is 0 Å². The van der Waals surface area contributed by atoms with Crippen molar-refractivity contribution >= 4 is 11.9 Å². The molecule has 0 unspecified atom stereocenters. The molecule has 1 amide bonds. The van der Waals surface area contributed by atoms with Crippen LogP contribution in [0.1, 0.15) is 47.0 Å². The molecule has 0 heterocycles. The van der Waals surface area contributed by atoms with Crippen molar-refractivity contribution in [3.8, 4) is 0 Å². The highest BCUT2D eigenvalue weighted by atomic mass is 16.1. The van der Waals surface area contributed by atoms with Crippen molar-refractivity contribution in [3.05, 3.63) is 0 Å². The molecule has 0 spiro atoms. The van der Waals surface area contributed by atoms with E-state index in [1.165, 1.54) is 0 Å². The summed E-state index contributed by atoms with van der Waals surface area (Å²) in [4.78, 5) is 15.8. The lowest BCUT2D eigenvalue weighted by molar-refractivity contribution is -0.122. The first kappa shape index (κ1) is 16.7. The number of nitrogens with one attached hydrogen (secondary N) is 3. The summed E-state index contributed by atoms with van der Waals surface area (Å²) in [6, 6.07) is 0. The zero-order valence-corrected chi connectivity index (χ0v) is 12.0. The first-order valence-electron chi connectivity index (χ1n) is 6.45. The molecule has 18 heavy (non-hydrogen) atoms. The topological polar surface area (TPSA) is 91.5 Å². The highest BCUT2D eigenvalue weighted by Crippen LogP contribution is 1.98. The van der Waals surface area contributed by atoms with Gasteiger partial charge in [-0.05, 0) is 27.2 Å². The van der Waals surface area contributed by atoms with Gasteiger partial charge in [0.1, 0.15) is 0 Å². The molecule has 0 aromatic rings. The smallest absolute Gasteiger partial charge is 0.222 e. The molecule has 0 rings (SSSR count). The van der Waals surface area contributed by atoms with Gasteiger partial charge in [-0.25, -0.2) is 5.84 Å². The Hall–Kier alpha value is -1.30. The standard InChI is InChI=1S/C12H27N5O/c1-5-6-8-14-11(17-13)15-9-7-10(18)16-12(2,3)4/h5-9,13H2,1-4H3,(H,16,18)(H2,14,15,17). The Bertz CT molecular complexity index is 270. The molecule has 0 fully saturated rings. The predicted molar refractivity (Wildman–Crippen MR) is 75.0 cm³/mol. The van der Waals surface area contributed by atoms with E-state index in [0.717, 1.165) is 19.4 Å². The number of nitrogens with zero attached hydrogens (tertiary/aromatic N) is 1. The molecule has 6 heteroatoms. The van der Waals surface area contributed by atoms with E-state index in [1.54, 1.807) is 0 Å². The van der Waals surface area contributed by atoms with E-state index in [1.807, 2.05) is 20.8 Å². The minimum atomic E-state index is -0.193.